The Balaban J connectivity index is 2.40. The van der Waals surface area contributed by atoms with E-state index in [1.54, 1.807) is 0 Å². The number of hydrazine groups is 1. The van der Waals surface area contributed by atoms with Crippen LogP contribution in [0.2, 0.25) is 0 Å². The molecule has 5 nitrogen and oxygen atoms in total. The maximum atomic E-state index is 5.46. The summed E-state index contributed by atoms with van der Waals surface area (Å²) in [5.74, 6) is 7.54. The Morgan fingerprint density at radius 3 is 2.05 bits per heavy atom. The summed E-state index contributed by atoms with van der Waals surface area (Å²) in [6.45, 7) is 7.92. The van der Waals surface area contributed by atoms with Gasteiger partial charge in [0.05, 0.1) is 0 Å². The third kappa shape index (κ3) is 3.00. The van der Waals surface area contributed by atoms with Crippen LogP contribution in [0.4, 0.5) is 17.3 Å². The van der Waals surface area contributed by atoms with E-state index in [1.807, 2.05) is 13.8 Å². The van der Waals surface area contributed by atoms with Crippen LogP contribution in [-0.2, 0) is 0 Å². The highest BCUT2D eigenvalue weighted by Gasteiger charge is 2.08. The highest BCUT2D eigenvalue weighted by molar-refractivity contribution is 5.65. The molecule has 2 rings (SSSR count). The van der Waals surface area contributed by atoms with Crippen LogP contribution in [0.1, 0.15) is 22.5 Å². The largest absolute Gasteiger partial charge is 0.340 e. The second-order valence-electron chi connectivity index (χ2n) is 4.74. The molecule has 0 aliphatic heterocycles. The lowest BCUT2D eigenvalue weighted by Crippen LogP contribution is -2.13. The molecule has 0 saturated carbocycles. The van der Waals surface area contributed by atoms with Crippen LogP contribution in [0.3, 0.4) is 0 Å². The van der Waals surface area contributed by atoms with Gasteiger partial charge in [0.2, 0.25) is 0 Å². The van der Waals surface area contributed by atoms with E-state index >= 15 is 0 Å². The van der Waals surface area contributed by atoms with Gasteiger partial charge in [0.15, 0.2) is 0 Å². The first-order valence-electron chi connectivity index (χ1n) is 6.17. The predicted octanol–water partition coefficient (Wildman–Crippen LogP) is 2.74. The van der Waals surface area contributed by atoms with Gasteiger partial charge in [-0.1, -0.05) is 6.07 Å². The number of nitrogens with two attached hydrogens (primary N) is 1. The van der Waals surface area contributed by atoms with Crippen molar-refractivity contribution >= 4 is 17.3 Å². The SMILES string of the molecule is Cc1cc(C)cc(Nc2nc(C)nc(NN)c2C)c1. The fraction of sp³-hybridized carbons (Fsp3) is 0.286. The van der Waals surface area contributed by atoms with Gasteiger partial charge in [0.1, 0.15) is 17.5 Å². The van der Waals surface area contributed by atoms with Gasteiger partial charge in [-0.2, -0.15) is 0 Å². The van der Waals surface area contributed by atoms with Gasteiger partial charge in [-0.15, -0.1) is 0 Å². The molecule has 1 aromatic heterocycles. The van der Waals surface area contributed by atoms with Crippen LogP contribution in [0, 0.1) is 27.7 Å². The number of nitrogen functional groups attached to an aromatic ring is 1. The van der Waals surface area contributed by atoms with Crippen molar-refractivity contribution in [3.8, 4) is 0 Å². The van der Waals surface area contributed by atoms with Crippen molar-refractivity contribution in [1.82, 2.24) is 9.97 Å². The van der Waals surface area contributed by atoms with Gasteiger partial charge < -0.3 is 10.7 Å². The lowest BCUT2D eigenvalue weighted by molar-refractivity contribution is 1.03. The van der Waals surface area contributed by atoms with Crippen LogP contribution in [0.15, 0.2) is 18.2 Å². The molecule has 1 aromatic carbocycles. The predicted molar refractivity (Wildman–Crippen MR) is 78.5 cm³/mol. The quantitative estimate of drug-likeness (QED) is 0.582. The van der Waals surface area contributed by atoms with E-state index in [1.165, 1.54) is 11.1 Å². The minimum atomic E-state index is 0.638. The summed E-state index contributed by atoms with van der Waals surface area (Å²) in [5.41, 5.74) is 6.93. The third-order valence-electron chi connectivity index (χ3n) is 2.88. The highest BCUT2D eigenvalue weighted by atomic mass is 15.3. The van der Waals surface area contributed by atoms with E-state index in [2.05, 4.69) is 52.8 Å². The maximum Gasteiger partial charge on any atom is 0.148 e. The second kappa shape index (κ2) is 5.24. The molecule has 0 unspecified atom stereocenters. The van der Waals surface area contributed by atoms with Crippen molar-refractivity contribution < 1.29 is 0 Å². The smallest absolute Gasteiger partial charge is 0.148 e. The summed E-state index contributed by atoms with van der Waals surface area (Å²) in [4.78, 5) is 8.66. The molecule has 0 saturated heterocycles. The van der Waals surface area contributed by atoms with Gasteiger partial charge in [-0.05, 0) is 51.0 Å². The van der Waals surface area contributed by atoms with Crippen LogP contribution in [-0.4, -0.2) is 9.97 Å². The van der Waals surface area contributed by atoms with Crippen molar-refractivity contribution in [1.29, 1.82) is 0 Å². The Labute approximate surface area is 113 Å². The van der Waals surface area contributed by atoms with Gasteiger partial charge in [-0.3, -0.25) is 0 Å². The van der Waals surface area contributed by atoms with Crippen LogP contribution in [0.5, 0.6) is 0 Å². The zero-order chi connectivity index (χ0) is 14.0. The zero-order valence-electron chi connectivity index (χ0n) is 11.7. The molecule has 100 valence electrons. The molecule has 0 aliphatic carbocycles. The van der Waals surface area contributed by atoms with E-state index in [4.69, 9.17) is 5.84 Å². The number of aryl methyl sites for hydroxylation is 3. The summed E-state index contributed by atoms with van der Waals surface area (Å²) < 4.78 is 0. The van der Waals surface area contributed by atoms with E-state index in [0.717, 1.165) is 17.1 Å². The summed E-state index contributed by atoms with van der Waals surface area (Å²) in [6.07, 6.45) is 0. The monoisotopic (exact) mass is 257 g/mol. The number of anilines is 3. The van der Waals surface area contributed by atoms with Gasteiger partial charge >= 0.3 is 0 Å². The molecule has 0 aliphatic rings. The first-order valence-corrected chi connectivity index (χ1v) is 6.17. The van der Waals surface area contributed by atoms with E-state index in [0.29, 0.717) is 11.6 Å². The number of nitrogens with zero attached hydrogens (tertiary/aromatic N) is 2. The van der Waals surface area contributed by atoms with Gasteiger partial charge in [-0.25, -0.2) is 15.8 Å². The molecule has 2 aromatic rings. The minimum absolute atomic E-state index is 0.638. The molecule has 5 heteroatoms. The first kappa shape index (κ1) is 13.3. The number of rotatable bonds is 3. The maximum absolute atomic E-state index is 5.46. The summed E-state index contributed by atoms with van der Waals surface area (Å²) in [5, 5.41) is 3.32. The number of nitrogens with one attached hydrogen (secondary N) is 2. The summed E-state index contributed by atoms with van der Waals surface area (Å²) in [6, 6.07) is 6.30. The Morgan fingerprint density at radius 1 is 0.895 bits per heavy atom. The first-order chi connectivity index (χ1) is 8.99. The number of benzene rings is 1. The molecule has 0 radical (unpaired) electrons. The summed E-state index contributed by atoms with van der Waals surface area (Å²) in [7, 11) is 0. The average Bonchev–Trinajstić information content (AvgIpc) is 2.32. The molecular formula is C14H19N5. The van der Waals surface area contributed by atoms with Crippen LogP contribution in [0.25, 0.3) is 0 Å². The van der Waals surface area contributed by atoms with Crippen molar-refractivity contribution in [3.05, 3.63) is 40.7 Å². The van der Waals surface area contributed by atoms with Crippen LogP contribution < -0.4 is 16.6 Å². The molecule has 0 atom stereocenters. The van der Waals surface area contributed by atoms with E-state index in [-0.39, 0.29) is 0 Å². The molecular weight excluding hydrogens is 238 g/mol. The fourth-order valence-corrected chi connectivity index (χ4v) is 2.07. The molecule has 19 heavy (non-hydrogen) atoms. The third-order valence-corrected chi connectivity index (χ3v) is 2.88. The van der Waals surface area contributed by atoms with Crippen molar-refractivity contribution in [2.24, 2.45) is 5.84 Å². The van der Waals surface area contributed by atoms with Crippen molar-refractivity contribution in [3.63, 3.8) is 0 Å². The second-order valence-corrected chi connectivity index (χ2v) is 4.74. The topological polar surface area (TPSA) is 75.9 Å². The minimum Gasteiger partial charge on any atom is -0.340 e. The van der Waals surface area contributed by atoms with Crippen molar-refractivity contribution in [2.45, 2.75) is 27.7 Å². The molecule has 4 N–H and O–H groups in total. The Hall–Kier alpha value is -2.14. The van der Waals surface area contributed by atoms with Crippen molar-refractivity contribution in [2.75, 3.05) is 10.7 Å². The van der Waals surface area contributed by atoms with Gasteiger partial charge in [0, 0.05) is 11.3 Å². The van der Waals surface area contributed by atoms with E-state index in [9.17, 15) is 0 Å². The molecule has 1 heterocycles. The lowest BCUT2D eigenvalue weighted by Gasteiger charge is -2.13. The van der Waals surface area contributed by atoms with Crippen LogP contribution >= 0.6 is 0 Å². The standard InChI is InChI=1S/C14H19N5/c1-8-5-9(2)7-12(6-8)18-13-10(3)14(19-15)17-11(4)16-13/h5-7H,15H2,1-4H3,(H2,16,17,18,19). The zero-order valence-corrected chi connectivity index (χ0v) is 11.7. The molecule has 0 amide bonds. The highest BCUT2D eigenvalue weighted by Crippen LogP contribution is 2.24. The number of hydrogen-bond donors (Lipinski definition) is 3. The number of hydrogen-bond acceptors (Lipinski definition) is 5. The molecule has 0 spiro atoms. The fourth-order valence-electron chi connectivity index (χ4n) is 2.07. The normalized spacial score (nSPS) is 10.4. The average molecular weight is 257 g/mol. The van der Waals surface area contributed by atoms with Gasteiger partial charge in [0.25, 0.3) is 0 Å². The molecule has 0 bridgehead atoms. The Kier molecular flexibility index (Phi) is 3.66. The molecule has 0 fully saturated rings. The number of aromatic nitrogens is 2. The Morgan fingerprint density at radius 2 is 1.47 bits per heavy atom. The Bertz CT molecular complexity index is 587. The summed E-state index contributed by atoms with van der Waals surface area (Å²) >= 11 is 0. The lowest BCUT2D eigenvalue weighted by atomic mass is 10.1. The van der Waals surface area contributed by atoms with E-state index < -0.39 is 0 Å².